The number of hydrogen-bond acceptors (Lipinski definition) is 3. The first-order valence-corrected chi connectivity index (χ1v) is 8.86. The van der Waals surface area contributed by atoms with Crippen molar-refractivity contribution < 1.29 is 38.2 Å². The second kappa shape index (κ2) is 14.8. The Hall–Kier alpha value is -2.13. The fraction of sp³-hybridized carbons (Fsp3) is 0.167. The summed E-state index contributed by atoms with van der Waals surface area (Å²) in [4.78, 5) is 17.8. The van der Waals surface area contributed by atoms with E-state index in [0.29, 0.717) is 0 Å². The molecular weight excluding hydrogens is 481 g/mol. The van der Waals surface area contributed by atoms with Gasteiger partial charge in [0.15, 0.2) is 5.78 Å². The normalized spacial score (nSPS) is 17.4. The van der Waals surface area contributed by atoms with Gasteiger partial charge in [0.2, 0.25) is 0 Å². The van der Waals surface area contributed by atoms with Gasteiger partial charge in [0, 0.05) is 32.6 Å². The maximum absolute atomic E-state index is 13.4. The van der Waals surface area contributed by atoms with Gasteiger partial charge in [-0.25, -0.2) is 0 Å². The average molecular weight is 502 g/mol. The molecule has 4 radical (unpaired) electrons. The molecule has 2 aromatic carbocycles. The average Bonchev–Trinajstić information content (AvgIpc) is 3.15. The molecule has 2 aliphatic rings. The van der Waals surface area contributed by atoms with E-state index in [9.17, 15) is 4.79 Å². The van der Waals surface area contributed by atoms with Crippen LogP contribution in [0.3, 0.4) is 0 Å². The Balaban J connectivity index is 0.00000119. The van der Waals surface area contributed by atoms with Crippen LogP contribution in [-0.2, 0) is 38.2 Å². The van der Waals surface area contributed by atoms with Crippen molar-refractivity contribution in [3.8, 4) is 0 Å². The number of Topliss-reactive ketones (excluding diaryl/α,β-unsaturated/α-hetero) is 1. The van der Waals surface area contributed by atoms with Gasteiger partial charge in [-0.05, 0) is 25.2 Å². The van der Waals surface area contributed by atoms with Crippen LogP contribution in [0.15, 0.2) is 60.7 Å². The molecule has 31 heavy (non-hydrogen) atoms. The summed E-state index contributed by atoms with van der Waals surface area (Å²) in [6.07, 6.45) is 0. The minimum Gasteiger partial charge on any atom is 0 e. The number of likely N-dealkylation sites (N-methyl/N-ethyl adjacent to an activating group) is 2. The molecule has 2 fully saturated rings. The third-order valence-corrected chi connectivity index (χ3v) is 4.81. The zero-order chi connectivity index (χ0) is 22.7. The summed E-state index contributed by atoms with van der Waals surface area (Å²) in [6.45, 7) is 15.3. The molecule has 158 valence electrons. The van der Waals surface area contributed by atoms with E-state index >= 15 is 0 Å². The topological polar surface area (TPSA) is 83.2 Å². The van der Waals surface area contributed by atoms with Gasteiger partial charge in [-0.3, -0.25) is 14.6 Å². The molecule has 1 saturated carbocycles. The van der Waals surface area contributed by atoms with Crippen LogP contribution in [0.4, 0.5) is 0 Å². The van der Waals surface area contributed by atoms with Crippen molar-refractivity contribution >= 4 is 5.78 Å². The Labute approximate surface area is 196 Å². The zero-order valence-corrected chi connectivity index (χ0v) is 18.8. The monoisotopic (exact) mass is 502 g/mol. The maximum atomic E-state index is 13.4. The second-order valence-corrected chi connectivity index (χ2v) is 6.35. The third kappa shape index (κ3) is 6.20. The summed E-state index contributed by atoms with van der Waals surface area (Å²) in [7, 11) is 4.15. The number of hydrogen-bond donors (Lipinski definition) is 0. The van der Waals surface area contributed by atoms with Crippen LogP contribution in [0, 0.1) is 43.9 Å². The number of ketones is 1. The van der Waals surface area contributed by atoms with Gasteiger partial charge in [0.05, 0.1) is 23.9 Å². The fourth-order valence-corrected chi connectivity index (χ4v) is 3.59. The molecule has 0 atom stereocenters. The first-order chi connectivity index (χ1) is 14.7. The molecule has 1 aliphatic heterocycles. The van der Waals surface area contributed by atoms with E-state index < -0.39 is 0 Å². The number of rotatable bonds is 2. The molecule has 0 unspecified atom stereocenters. The zero-order valence-electron chi connectivity index (χ0n) is 17.1. The molecule has 0 spiro atoms. The van der Waals surface area contributed by atoms with E-state index in [0.717, 1.165) is 48.1 Å². The van der Waals surface area contributed by atoms with Crippen LogP contribution >= 0.6 is 0 Å². The summed E-state index contributed by atoms with van der Waals surface area (Å²) in [5.74, 6) is 1.76. The van der Waals surface area contributed by atoms with Crippen LogP contribution in [0.1, 0.15) is 11.1 Å². The molecular formula is C24H20N2O4Ru. The van der Waals surface area contributed by atoms with Crippen LogP contribution in [0.5, 0.6) is 0 Å². The number of carbonyl (C=O) groups excluding carboxylic acids is 1. The van der Waals surface area contributed by atoms with Crippen molar-refractivity contribution in [1.82, 2.24) is 9.80 Å². The van der Waals surface area contributed by atoms with E-state index in [1.807, 2.05) is 60.7 Å². The van der Waals surface area contributed by atoms with E-state index in [1.54, 1.807) is 0 Å². The first-order valence-electron chi connectivity index (χ1n) is 8.86. The van der Waals surface area contributed by atoms with Crippen molar-refractivity contribution in [2.75, 3.05) is 27.2 Å². The smallest absolute Gasteiger partial charge is 0 e. The van der Waals surface area contributed by atoms with Gasteiger partial charge in [-0.1, -0.05) is 60.7 Å². The van der Waals surface area contributed by atoms with E-state index in [-0.39, 0.29) is 25.3 Å². The quantitative estimate of drug-likeness (QED) is 0.360. The molecule has 4 rings (SSSR count). The Morgan fingerprint density at radius 3 is 1.23 bits per heavy atom. The van der Waals surface area contributed by atoms with Gasteiger partial charge in [-0.15, -0.1) is 0 Å². The summed E-state index contributed by atoms with van der Waals surface area (Å²) < 4.78 is 22.5. The van der Waals surface area contributed by atoms with Crippen molar-refractivity contribution in [1.29, 1.82) is 0 Å². The van der Waals surface area contributed by atoms with Crippen LogP contribution in [0.2, 0.25) is 0 Å². The van der Waals surface area contributed by atoms with Crippen molar-refractivity contribution in [2.45, 2.75) is 0 Å². The number of benzene rings is 2. The minimum absolute atomic E-state index is 0. The predicted octanol–water partition coefficient (Wildman–Crippen LogP) is 2.64. The first kappa shape index (κ1) is 28.9. The van der Waals surface area contributed by atoms with Crippen LogP contribution < -0.4 is 0 Å². The molecule has 7 heteroatoms. The molecule has 1 heterocycles. The number of fused-ring (bicyclic) bond motifs is 1. The van der Waals surface area contributed by atoms with Crippen LogP contribution in [0.25, 0.3) is 0 Å². The summed E-state index contributed by atoms with van der Waals surface area (Å²) in [5.41, 5.74) is 1.98. The summed E-state index contributed by atoms with van der Waals surface area (Å²) in [6, 6.07) is 22.1. The van der Waals surface area contributed by atoms with Crippen molar-refractivity contribution in [3.63, 3.8) is 0 Å². The Morgan fingerprint density at radius 2 is 0.935 bits per heavy atom. The van der Waals surface area contributed by atoms with Gasteiger partial charge < -0.3 is 0 Å². The van der Waals surface area contributed by atoms with E-state index in [1.165, 1.54) is 0 Å². The SMILES string of the molecule is CN1CCN(C)[C]2[C](c3ccccc3)C(=O)[C](c3ccccc3)[C]21.[C-]#[O+].[C-]#[O+].[C-]#[O+].[Ru]. The van der Waals surface area contributed by atoms with E-state index in [2.05, 4.69) is 43.8 Å². The predicted molar refractivity (Wildman–Crippen MR) is 106 cm³/mol. The second-order valence-electron chi connectivity index (χ2n) is 6.35. The molecule has 6 nitrogen and oxygen atoms in total. The number of piperazine rings is 1. The van der Waals surface area contributed by atoms with Gasteiger partial charge >= 0.3 is 33.9 Å². The minimum atomic E-state index is 0. The summed E-state index contributed by atoms with van der Waals surface area (Å²) in [5, 5.41) is 0. The number of nitrogens with zero attached hydrogens (tertiary/aromatic N) is 2. The molecule has 0 bridgehead atoms. The molecule has 0 aromatic heterocycles. The largest absolute Gasteiger partial charge is 0 e. The fourth-order valence-electron chi connectivity index (χ4n) is 3.59. The van der Waals surface area contributed by atoms with Crippen molar-refractivity contribution in [3.05, 3.63) is 116 Å². The van der Waals surface area contributed by atoms with Crippen molar-refractivity contribution in [2.24, 2.45) is 0 Å². The van der Waals surface area contributed by atoms with Crippen LogP contribution in [-0.4, -0.2) is 42.8 Å². The summed E-state index contributed by atoms with van der Waals surface area (Å²) >= 11 is 0. The molecule has 0 N–H and O–H groups in total. The van der Waals surface area contributed by atoms with Gasteiger partial charge in [-0.2, -0.15) is 0 Å². The molecule has 1 aliphatic carbocycles. The van der Waals surface area contributed by atoms with E-state index in [4.69, 9.17) is 14.0 Å². The standard InChI is InChI=1S/C21H20N2O.3CO.Ru/c1-22-13-14-23(2)20-18(16-11-7-4-8-12-16)21(24)17(19(20)22)15-9-5-3-6-10-15;3*1-2;/h3-12H,13-14H2,1-2H3;;;;. The van der Waals surface area contributed by atoms with Gasteiger partial charge in [0.25, 0.3) is 0 Å². The Morgan fingerprint density at radius 1 is 0.645 bits per heavy atom. The number of carbonyl (C=O) groups is 1. The Kier molecular flexibility index (Phi) is 13.8. The molecule has 2 aromatic rings. The maximum Gasteiger partial charge on any atom is 0 e. The third-order valence-electron chi connectivity index (χ3n) is 4.81. The van der Waals surface area contributed by atoms with Gasteiger partial charge in [0.1, 0.15) is 0 Å². The Bertz CT molecular complexity index is 778. The molecule has 0 amide bonds. The molecule has 1 saturated heterocycles.